The number of benzene rings is 8. The van der Waals surface area contributed by atoms with E-state index in [1.54, 1.807) is 6.08 Å². The van der Waals surface area contributed by atoms with Crippen LogP contribution in [0.2, 0.25) is 0 Å². The van der Waals surface area contributed by atoms with Crippen LogP contribution in [0.4, 0.5) is 11.4 Å². The topological polar surface area (TPSA) is 13.1 Å². The van der Waals surface area contributed by atoms with E-state index in [1.807, 2.05) is 30.3 Å². The molecule has 3 nitrogen and oxygen atoms in total. The standard InChI is InChI=1S/C36H24N2.C17H17N/c1-3-11-27(12-4-1)37-33-17-9-7-15-29(33)31-23-25(19-21-35(31)37)26-20-22-36-32(24-26)30-16-8-10-18-34(30)38(36)28-13-5-2-6-14-28;1-4-15(3)18(16-11-6-5-7-12-16)17-13-9-8-10-14(17)2/h1-24H;4-13H,1,3H2,2H3. The number of fused-ring (bicyclic) bond motifs is 6. The van der Waals surface area contributed by atoms with Gasteiger partial charge in [0.15, 0.2) is 0 Å². The van der Waals surface area contributed by atoms with Gasteiger partial charge in [0.25, 0.3) is 0 Å². The number of aromatic nitrogens is 2. The summed E-state index contributed by atoms with van der Waals surface area (Å²) >= 11 is 0. The number of para-hydroxylation sites is 6. The van der Waals surface area contributed by atoms with E-state index in [-0.39, 0.29) is 0 Å². The van der Waals surface area contributed by atoms with Crippen molar-refractivity contribution in [3.63, 3.8) is 0 Å². The Bertz CT molecular complexity index is 2850. The van der Waals surface area contributed by atoms with Gasteiger partial charge in [0.1, 0.15) is 0 Å². The minimum atomic E-state index is 0.871. The molecule has 10 rings (SSSR count). The quantitative estimate of drug-likeness (QED) is 0.150. The predicted octanol–water partition coefficient (Wildman–Crippen LogP) is 14.4. The summed E-state index contributed by atoms with van der Waals surface area (Å²) in [6, 6.07) is 70.9. The van der Waals surface area contributed by atoms with Gasteiger partial charge in [-0.3, -0.25) is 0 Å². The van der Waals surface area contributed by atoms with Gasteiger partial charge in [-0.05, 0) is 109 Å². The molecule has 0 N–H and O–H groups in total. The molecule has 0 saturated heterocycles. The summed E-state index contributed by atoms with van der Waals surface area (Å²) in [5.74, 6) is 0. The van der Waals surface area contributed by atoms with Crippen LogP contribution < -0.4 is 4.90 Å². The Labute approximate surface area is 327 Å². The normalized spacial score (nSPS) is 11.1. The molecule has 0 radical (unpaired) electrons. The van der Waals surface area contributed by atoms with Gasteiger partial charge >= 0.3 is 0 Å². The molecule has 268 valence electrons. The molecule has 0 bridgehead atoms. The van der Waals surface area contributed by atoms with Crippen molar-refractivity contribution in [3.8, 4) is 22.5 Å². The first-order chi connectivity index (χ1) is 27.6. The van der Waals surface area contributed by atoms with Gasteiger partial charge in [-0.25, -0.2) is 0 Å². The Hall–Kier alpha value is -7.36. The third-order valence-corrected chi connectivity index (χ3v) is 10.6. The summed E-state index contributed by atoms with van der Waals surface area (Å²) in [5.41, 5.74) is 14.0. The van der Waals surface area contributed by atoms with E-state index >= 15 is 0 Å². The molecule has 8 aromatic carbocycles. The Morgan fingerprint density at radius 3 is 1.34 bits per heavy atom. The molecule has 0 aliphatic carbocycles. The van der Waals surface area contributed by atoms with Gasteiger partial charge in [0, 0.05) is 50.0 Å². The highest BCUT2D eigenvalue weighted by Gasteiger charge is 2.16. The summed E-state index contributed by atoms with van der Waals surface area (Å²) in [4.78, 5) is 2.11. The third-order valence-electron chi connectivity index (χ3n) is 10.6. The molecule has 0 amide bonds. The zero-order valence-electron chi connectivity index (χ0n) is 31.4. The van der Waals surface area contributed by atoms with Gasteiger partial charge in [-0.2, -0.15) is 0 Å². The molecule has 2 heterocycles. The highest BCUT2D eigenvalue weighted by Crippen LogP contribution is 2.38. The molecule has 56 heavy (non-hydrogen) atoms. The van der Waals surface area contributed by atoms with Gasteiger partial charge in [-0.15, -0.1) is 0 Å². The molecule has 3 heteroatoms. The fourth-order valence-corrected chi connectivity index (χ4v) is 7.96. The zero-order chi connectivity index (χ0) is 38.0. The summed E-state index contributed by atoms with van der Waals surface area (Å²) in [5, 5.41) is 5.09. The van der Waals surface area contributed by atoms with Crippen molar-refractivity contribution in [1.82, 2.24) is 9.13 Å². The molecule has 0 aliphatic rings. The largest absolute Gasteiger partial charge is 0.311 e. The van der Waals surface area contributed by atoms with Crippen molar-refractivity contribution in [2.24, 2.45) is 0 Å². The number of hydrogen-bond acceptors (Lipinski definition) is 1. The summed E-state index contributed by atoms with van der Waals surface area (Å²) in [7, 11) is 0. The first kappa shape index (κ1) is 34.4. The van der Waals surface area contributed by atoms with Crippen LogP contribution in [-0.4, -0.2) is 9.13 Å². The van der Waals surface area contributed by atoms with Gasteiger partial charge in [-0.1, -0.05) is 134 Å². The van der Waals surface area contributed by atoms with Crippen molar-refractivity contribution in [2.45, 2.75) is 6.92 Å². The highest BCUT2D eigenvalue weighted by atomic mass is 15.1. The SMILES string of the molecule is C=CC(=C)N(c1ccccc1)c1ccccc1C.c1ccc(-n2c3ccccc3c3cc(-c4ccc5c(c4)c4ccccc4n5-c4ccccc4)ccc32)cc1. The lowest BCUT2D eigenvalue weighted by molar-refractivity contribution is 1.18. The third kappa shape index (κ3) is 6.15. The average Bonchev–Trinajstić information content (AvgIpc) is 3.78. The fraction of sp³-hybridized carbons (Fsp3) is 0.0189. The van der Waals surface area contributed by atoms with Crippen LogP contribution in [0.5, 0.6) is 0 Å². The van der Waals surface area contributed by atoms with Crippen LogP contribution >= 0.6 is 0 Å². The lowest BCUT2D eigenvalue weighted by Crippen LogP contribution is -2.15. The fourth-order valence-electron chi connectivity index (χ4n) is 7.96. The Morgan fingerprint density at radius 1 is 0.446 bits per heavy atom. The smallest absolute Gasteiger partial charge is 0.0541 e. The van der Waals surface area contributed by atoms with Gasteiger partial charge in [0.2, 0.25) is 0 Å². The van der Waals surface area contributed by atoms with Crippen LogP contribution in [0.1, 0.15) is 5.56 Å². The minimum Gasteiger partial charge on any atom is -0.311 e. The number of aryl methyl sites for hydroxylation is 1. The van der Waals surface area contributed by atoms with Crippen LogP contribution in [0.25, 0.3) is 66.1 Å². The summed E-state index contributed by atoms with van der Waals surface area (Å²) < 4.78 is 4.73. The van der Waals surface area contributed by atoms with Crippen molar-refractivity contribution < 1.29 is 0 Å². The highest BCUT2D eigenvalue weighted by molar-refractivity contribution is 6.12. The minimum absolute atomic E-state index is 0.871. The second kappa shape index (κ2) is 14.8. The lowest BCUT2D eigenvalue weighted by Gasteiger charge is -2.26. The predicted molar refractivity (Wildman–Crippen MR) is 240 cm³/mol. The molecule has 0 aliphatic heterocycles. The summed E-state index contributed by atoms with van der Waals surface area (Å²) in [6.45, 7) is 10.00. The first-order valence-electron chi connectivity index (χ1n) is 19.0. The maximum atomic E-state index is 4.08. The second-order valence-corrected chi connectivity index (χ2v) is 14.0. The maximum absolute atomic E-state index is 4.08. The number of rotatable bonds is 7. The van der Waals surface area contributed by atoms with E-state index in [2.05, 4.69) is 204 Å². The van der Waals surface area contributed by atoms with E-state index in [9.17, 15) is 0 Å². The van der Waals surface area contributed by atoms with Crippen molar-refractivity contribution in [3.05, 3.63) is 231 Å². The van der Waals surface area contributed by atoms with Crippen molar-refractivity contribution >= 4 is 55.0 Å². The zero-order valence-corrected chi connectivity index (χ0v) is 31.4. The van der Waals surface area contributed by atoms with Crippen LogP contribution in [0, 0.1) is 6.92 Å². The molecule has 0 saturated carbocycles. The second-order valence-electron chi connectivity index (χ2n) is 14.0. The van der Waals surface area contributed by atoms with E-state index in [1.165, 1.54) is 71.7 Å². The molecular formula is C53H41N3. The van der Waals surface area contributed by atoms with E-state index in [0.717, 1.165) is 17.1 Å². The van der Waals surface area contributed by atoms with Gasteiger partial charge < -0.3 is 14.0 Å². The Balaban J connectivity index is 0.000000192. The number of hydrogen-bond donors (Lipinski definition) is 0. The van der Waals surface area contributed by atoms with Crippen LogP contribution in [-0.2, 0) is 0 Å². The average molecular weight is 720 g/mol. The Kier molecular flexibility index (Phi) is 9.10. The van der Waals surface area contributed by atoms with Crippen LogP contribution in [0.3, 0.4) is 0 Å². The molecule has 10 aromatic rings. The van der Waals surface area contributed by atoms with Crippen LogP contribution in [0.15, 0.2) is 225 Å². The van der Waals surface area contributed by atoms with E-state index in [4.69, 9.17) is 0 Å². The van der Waals surface area contributed by atoms with E-state index in [0.29, 0.717) is 0 Å². The molecule has 2 aromatic heterocycles. The summed E-state index contributed by atoms with van der Waals surface area (Å²) in [6.07, 6.45) is 1.78. The first-order valence-corrected chi connectivity index (χ1v) is 19.0. The number of anilines is 2. The molecular weight excluding hydrogens is 679 g/mol. The van der Waals surface area contributed by atoms with Crippen molar-refractivity contribution in [2.75, 3.05) is 4.90 Å². The monoisotopic (exact) mass is 719 g/mol. The Morgan fingerprint density at radius 2 is 0.857 bits per heavy atom. The molecule has 0 atom stereocenters. The lowest BCUT2D eigenvalue weighted by atomic mass is 10.0. The number of nitrogens with zero attached hydrogens (tertiary/aromatic N) is 3. The van der Waals surface area contributed by atoms with Gasteiger partial charge in [0.05, 0.1) is 22.1 Å². The number of allylic oxidation sites excluding steroid dienone is 1. The van der Waals surface area contributed by atoms with Crippen molar-refractivity contribution in [1.29, 1.82) is 0 Å². The molecule has 0 unspecified atom stereocenters. The maximum Gasteiger partial charge on any atom is 0.0541 e. The van der Waals surface area contributed by atoms with E-state index < -0.39 is 0 Å². The molecule has 0 spiro atoms. The molecule has 0 fully saturated rings.